The number of ether oxygens (including phenoxy) is 1. The summed E-state index contributed by atoms with van der Waals surface area (Å²) in [7, 11) is 0. The topological polar surface area (TPSA) is 118 Å². The van der Waals surface area contributed by atoms with Gasteiger partial charge in [0.25, 0.3) is 0 Å². The van der Waals surface area contributed by atoms with E-state index in [4.69, 9.17) is 14.6 Å². The number of halogens is 3. The summed E-state index contributed by atoms with van der Waals surface area (Å²) < 4.78 is 39.2. The lowest BCUT2D eigenvalue weighted by molar-refractivity contribution is -0.192. The van der Waals surface area contributed by atoms with Crippen LogP contribution in [0.15, 0.2) is 26.4 Å². The van der Waals surface area contributed by atoms with Crippen LogP contribution in [0.1, 0.15) is 17.8 Å². The number of carboxylic acid groups (broad SMARTS) is 1. The Morgan fingerprint density at radius 3 is 2.72 bits per heavy atom. The first-order chi connectivity index (χ1) is 13.6. The number of fused-ring (bicyclic) bond motifs is 1. The van der Waals surface area contributed by atoms with E-state index < -0.39 is 23.3 Å². The molecule has 9 nitrogen and oxygen atoms in total. The van der Waals surface area contributed by atoms with E-state index in [9.17, 15) is 22.8 Å². The molecule has 1 fully saturated rings. The number of nitrogens with one attached hydrogen (secondary N) is 1. The summed E-state index contributed by atoms with van der Waals surface area (Å²) in [5.41, 5.74) is -0.297. The lowest BCUT2D eigenvalue weighted by atomic mass is 10.0. The number of alkyl halides is 3. The van der Waals surface area contributed by atoms with Gasteiger partial charge in [-0.3, -0.25) is 19.1 Å². The number of aromatic nitrogens is 3. The molecule has 1 unspecified atom stereocenters. The first-order valence-corrected chi connectivity index (χ1v) is 9.40. The quantitative estimate of drug-likeness (QED) is 0.672. The molecular formula is C16H17F3N4O5S. The van der Waals surface area contributed by atoms with Gasteiger partial charge in [0.15, 0.2) is 5.82 Å². The second kappa shape index (κ2) is 8.08. The highest BCUT2D eigenvalue weighted by molar-refractivity contribution is 7.07. The van der Waals surface area contributed by atoms with Gasteiger partial charge < -0.3 is 9.84 Å². The Labute approximate surface area is 165 Å². The van der Waals surface area contributed by atoms with Crippen molar-refractivity contribution >= 4 is 17.3 Å². The summed E-state index contributed by atoms with van der Waals surface area (Å²) in [6, 6.07) is 2.13. The van der Waals surface area contributed by atoms with Gasteiger partial charge in [0, 0.05) is 19.6 Å². The van der Waals surface area contributed by atoms with Crippen LogP contribution in [0.4, 0.5) is 13.2 Å². The Hall–Kier alpha value is -2.51. The van der Waals surface area contributed by atoms with Gasteiger partial charge in [0.05, 0.1) is 6.54 Å². The third-order valence-electron chi connectivity index (χ3n) is 4.62. The molecule has 0 aromatic carbocycles. The minimum Gasteiger partial charge on any atom is -0.475 e. The average Bonchev–Trinajstić information content (AvgIpc) is 3.29. The Morgan fingerprint density at radius 1 is 1.38 bits per heavy atom. The standard InChI is InChI=1S/C14H16N4O3S.C2HF3O2/c19-12-13(20)18-9-14(21-6-11(18)15-16-12)2-3-17(8-14)5-10-1-4-22-7-10;3-2(4,5)1(6)7/h1,4,7H,2-3,5-6,8-9H2,(H,16,19);(H,6,7). The number of likely N-dealkylation sites (tertiary alicyclic amines) is 1. The molecule has 13 heteroatoms. The molecular weight excluding hydrogens is 417 g/mol. The third kappa shape index (κ3) is 4.92. The second-order valence-corrected chi connectivity index (χ2v) is 7.51. The fourth-order valence-electron chi connectivity index (χ4n) is 3.24. The Bertz CT molecular complexity index is 988. The van der Waals surface area contributed by atoms with E-state index in [1.54, 1.807) is 11.3 Å². The molecule has 4 heterocycles. The maximum Gasteiger partial charge on any atom is 0.490 e. The van der Waals surface area contributed by atoms with Crippen LogP contribution in [0, 0.1) is 0 Å². The molecule has 2 aromatic rings. The van der Waals surface area contributed by atoms with Crippen LogP contribution in [0.25, 0.3) is 0 Å². The predicted octanol–water partition coefficient (Wildman–Crippen LogP) is 0.801. The van der Waals surface area contributed by atoms with Crippen LogP contribution in [-0.2, 0) is 29.2 Å². The lowest BCUT2D eigenvalue weighted by Crippen LogP contribution is -2.51. The monoisotopic (exact) mass is 434 g/mol. The Morgan fingerprint density at radius 2 is 2.10 bits per heavy atom. The van der Waals surface area contributed by atoms with Crippen LogP contribution < -0.4 is 11.1 Å². The summed E-state index contributed by atoms with van der Waals surface area (Å²) in [4.78, 5) is 34.7. The Balaban J connectivity index is 0.000000298. The molecule has 4 rings (SSSR count). The zero-order valence-electron chi connectivity index (χ0n) is 14.9. The van der Waals surface area contributed by atoms with E-state index in [1.807, 2.05) is 0 Å². The van der Waals surface area contributed by atoms with Crippen LogP contribution in [0.2, 0.25) is 0 Å². The first kappa shape index (κ1) is 21.2. The minimum absolute atomic E-state index is 0.262. The van der Waals surface area contributed by atoms with Crippen LogP contribution in [0.3, 0.4) is 0 Å². The van der Waals surface area contributed by atoms with Crippen molar-refractivity contribution in [1.82, 2.24) is 19.7 Å². The van der Waals surface area contributed by atoms with Crippen molar-refractivity contribution in [1.29, 1.82) is 0 Å². The number of thiophene rings is 1. The molecule has 0 aliphatic carbocycles. The summed E-state index contributed by atoms with van der Waals surface area (Å²) in [6.45, 7) is 3.25. The summed E-state index contributed by atoms with van der Waals surface area (Å²) in [6.07, 6.45) is -4.23. The largest absolute Gasteiger partial charge is 0.490 e. The van der Waals surface area contributed by atoms with Crippen LogP contribution in [0.5, 0.6) is 0 Å². The second-order valence-electron chi connectivity index (χ2n) is 6.73. The van der Waals surface area contributed by atoms with Gasteiger partial charge in [-0.05, 0) is 28.8 Å². The number of H-pyrrole nitrogens is 1. The van der Waals surface area contributed by atoms with Gasteiger partial charge in [0.1, 0.15) is 12.2 Å². The lowest BCUT2D eigenvalue weighted by Gasteiger charge is -2.34. The molecule has 0 radical (unpaired) electrons. The number of aromatic amines is 1. The van der Waals surface area contributed by atoms with E-state index in [-0.39, 0.29) is 12.2 Å². The number of hydrogen-bond donors (Lipinski definition) is 2. The molecule has 1 saturated heterocycles. The van der Waals surface area contributed by atoms with Crippen molar-refractivity contribution in [2.75, 3.05) is 13.1 Å². The van der Waals surface area contributed by atoms with E-state index in [0.717, 1.165) is 26.1 Å². The zero-order chi connectivity index (χ0) is 21.2. The van der Waals surface area contributed by atoms with Crippen molar-refractivity contribution in [3.63, 3.8) is 0 Å². The third-order valence-corrected chi connectivity index (χ3v) is 5.35. The molecule has 29 heavy (non-hydrogen) atoms. The molecule has 0 amide bonds. The summed E-state index contributed by atoms with van der Waals surface area (Å²) in [5.74, 6) is -2.26. The number of rotatable bonds is 2. The molecule has 2 aliphatic rings. The van der Waals surface area contributed by atoms with Crippen molar-refractivity contribution in [3.8, 4) is 0 Å². The first-order valence-electron chi connectivity index (χ1n) is 8.45. The molecule has 0 saturated carbocycles. The highest BCUT2D eigenvalue weighted by Crippen LogP contribution is 2.31. The fraction of sp³-hybridized carbons (Fsp3) is 0.500. The van der Waals surface area contributed by atoms with E-state index in [0.29, 0.717) is 12.4 Å². The van der Waals surface area contributed by atoms with E-state index in [1.165, 1.54) is 10.1 Å². The predicted molar refractivity (Wildman–Crippen MR) is 94.5 cm³/mol. The smallest absolute Gasteiger partial charge is 0.475 e. The molecule has 158 valence electrons. The molecule has 2 aliphatic heterocycles. The summed E-state index contributed by atoms with van der Waals surface area (Å²) in [5, 5.41) is 17.5. The molecule has 0 bridgehead atoms. The summed E-state index contributed by atoms with van der Waals surface area (Å²) >= 11 is 1.69. The van der Waals surface area contributed by atoms with Crippen LogP contribution in [-0.4, -0.2) is 55.6 Å². The number of nitrogens with zero attached hydrogens (tertiary/aromatic N) is 3. The number of aliphatic carboxylic acids is 1. The molecule has 2 aromatic heterocycles. The highest BCUT2D eigenvalue weighted by atomic mass is 32.1. The maximum atomic E-state index is 12.0. The van der Waals surface area contributed by atoms with Crippen molar-refractivity contribution in [2.24, 2.45) is 0 Å². The van der Waals surface area contributed by atoms with Crippen molar-refractivity contribution in [3.05, 3.63) is 48.9 Å². The molecule has 2 N–H and O–H groups in total. The van der Waals surface area contributed by atoms with Gasteiger partial charge in [0.2, 0.25) is 0 Å². The highest BCUT2D eigenvalue weighted by Gasteiger charge is 2.43. The molecule has 1 atom stereocenters. The van der Waals surface area contributed by atoms with Crippen molar-refractivity contribution < 1.29 is 27.8 Å². The average molecular weight is 434 g/mol. The van der Waals surface area contributed by atoms with Gasteiger partial charge in [-0.25, -0.2) is 9.89 Å². The van der Waals surface area contributed by atoms with Gasteiger partial charge in [-0.1, -0.05) is 0 Å². The normalized spacial score (nSPS) is 21.5. The maximum absolute atomic E-state index is 12.0. The van der Waals surface area contributed by atoms with Gasteiger partial charge in [-0.2, -0.15) is 29.6 Å². The fourth-order valence-corrected chi connectivity index (χ4v) is 3.90. The van der Waals surface area contributed by atoms with Crippen molar-refractivity contribution in [2.45, 2.75) is 37.9 Å². The van der Waals surface area contributed by atoms with Gasteiger partial charge >= 0.3 is 23.3 Å². The molecule has 1 spiro atoms. The van der Waals surface area contributed by atoms with E-state index in [2.05, 4.69) is 31.9 Å². The van der Waals surface area contributed by atoms with Gasteiger partial charge in [-0.15, -0.1) is 0 Å². The SMILES string of the molecule is O=C(O)C(F)(F)F.O=c1[nH]nc2n(c1=O)CC1(CCN(Cc3ccsc3)C1)OC2. The zero-order valence-corrected chi connectivity index (χ0v) is 15.8. The minimum atomic E-state index is -5.08. The van der Waals surface area contributed by atoms with Crippen LogP contribution >= 0.6 is 11.3 Å². The Kier molecular flexibility index (Phi) is 5.91. The number of carboxylic acids is 1. The van der Waals surface area contributed by atoms with E-state index >= 15 is 0 Å². The number of carbonyl (C=O) groups is 1. The number of hydrogen-bond acceptors (Lipinski definition) is 7.